The maximum atomic E-state index is 12.7. The smallest absolute Gasteiger partial charge is 0.338 e. The standard InChI is InChI=1S/C26H22O8/c27-23(17-10-4-1-5-11-17)31-16-20-21(33-24(28)18-12-6-2-7-13-18)22(26(30)32-20)34-25(29)19-14-8-3-9-15-19/h1-15,20-22,26,30H,16H2/t20-,21?,22+,26?/m0/s1. The van der Waals surface area contributed by atoms with Gasteiger partial charge in [0.25, 0.3) is 0 Å². The fraction of sp³-hybridized carbons (Fsp3) is 0.192. The van der Waals surface area contributed by atoms with Gasteiger partial charge in [0.05, 0.1) is 16.7 Å². The molecule has 1 heterocycles. The van der Waals surface area contributed by atoms with Crippen LogP contribution in [0.15, 0.2) is 91.0 Å². The molecular formula is C26H22O8. The Bertz CT molecular complexity index is 1120. The molecule has 0 amide bonds. The van der Waals surface area contributed by atoms with Crippen LogP contribution in [0.1, 0.15) is 31.1 Å². The zero-order chi connectivity index (χ0) is 23.9. The van der Waals surface area contributed by atoms with Gasteiger partial charge in [-0.05, 0) is 36.4 Å². The molecule has 1 fully saturated rings. The van der Waals surface area contributed by atoms with E-state index in [-0.39, 0.29) is 17.7 Å². The minimum absolute atomic E-state index is 0.252. The van der Waals surface area contributed by atoms with Gasteiger partial charge in [0, 0.05) is 0 Å². The summed E-state index contributed by atoms with van der Waals surface area (Å²) in [4.78, 5) is 37.6. The van der Waals surface area contributed by atoms with Crippen molar-refractivity contribution >= 4 is 17.9 Å². The molecule has 3 aromatic carbocycles. The fourth-order valence-corrected chi connectivity index (χ4v) is 3.46. The lowest BCUT2D eigenvalue weighted by Crippen LogP contribution is -2.42. The fourth-order valence-electron chi connectivity index (χ4n) is 3.46. The summed E-state index contributed by atoms with van der Waals surface area (Å²) in [5.41, 5.74) is 0.838. The van der Waals surface area contributed by atoms with Gasteiger partial charge in [-0.25, -0.2) is 14.4 Å². The van der Waals surface area contributed by atoms with Crippen molar-refractivity contribution in [3.8, 4) is 0 Å². The van der Waals surface area contributed by atoms with E-state index in [0.29, 0.717) is 5.56 Å². The highest BCUT2D eigenvalue weighted by Crippen LogP contribution is 2.28. The van der Waals surface area contributed by atoms with Gasteiger partial charge in [-0.3, -0.25) is 0 Å². The molecule has 1 saturated heterocycles. The Morgan fingerprint density at radius 2 is 1.06 bits per heavy atom. The van der Waals surface area contributed by atoms with E-state index in [4.69, 9.17) is 18.9 Å². The zero-order valence-corrected chi connectivity index (χ0v) is 18.0. The molecule has 4 rings (SSSR count). The summed E-state index contributed by atoms with van der Waals surface area (Å²) < 4.78 is 21.8. The van der Waals surface area contributed by atoms with Crippen LogP contribution in [0.3, 0.4) is 0 Å². The Kier molecular flexibility index (Phi) is 7.31. The molecule has 34 heavy (non-hydrogen) atoms. The number of aliphatic hydroxyl groups excluding tert-OH is 1. The van der Waals surface area contributed by atoms with Crippen molar-refractivity contribution in [3.05, 3.63) is 108 Å². The molecule has 0 saturated carbocycles. The minimum atomic E-state index is -1.60. The van der Waals surface area contributed by atoms with Gasteiger partial charge in [-0.2, -0.15) is 0 Å². The van der Waals surface area contributed by atoms with E-state index in [1.54, 1.807) is 91.0 Å². The third kappa shape index (κ3) is 5.48. The number of rotatable bonds is 7. The summed E-state index contributed by atoms with van der Waals surface area (Å²) >= 11 is 0. The van der Waals surface area contributed by atoms with E-state index in [2.05, 4.69) is 0 Å². The van der Waals surface area contributed by atoms with Crippen LogP contribution in [0.25, 0.3) is 0 Å². The van der Waals surface area contributed by atoms with Gasteiger partial charge in [-0.1, -0.05) is 54.6 Å². The van der Waals surface area contributed by atoms with Gasteiger partial charge in [0.2, 0.25) is 0 Å². The average Bonchev–Trinajstić information content (AvgIpc) is 3.17. The first-order valence-electron chi connectivity index (χ1n) is 10.6. The molecule has 2 unspecified atom stereocenters. The Labute approximate surface area is 195 Å². The normalized spacial score (nSPS) is 21.4. The van der Waals surface area contributed by atoms with Crippen molar-refractivity contribution in [2.75, 3.05) is 6.61 Å². The second-order valence-electron chi connectivity index (χ2n) is 7.50. The third-order valence-electron chi connectivity index (χ3n) is 5.18. The quantitative estimate of drug-likeness (QED) is 0.422. The molecule has 4 atom stereocenters. The minimum Gasteiger partial charge on any atom is -0.459 e. The molecular weight excluding hydrogens is 440 g/mol. The zero-order valence-electron chi connectivity index (χ0n) is 18.0. The largest absolute Gasteiger partial charge is 0.459 e. The van der Waals surface area contributed by atoms with E-state index in [1.165, 1.54) is 0 Å². The van der Waals surface area contributed by atoms with Crippen LogP contribution < -0.4 is 0 Å². The van der Waals surface area contributed by atoms with Crippen LogP contribution in [0, 0.1) is 0 Å². The van der Waals surface area contributed by atoms with Crippen molar-refractivity contribution in [1.82, 2.24) is 0 Å². The number of hydrogen-bond donors (Lipinski definition) is 1. The Hall–Kier alpha value is -4.01. The first-order valence-corrected chi connectivity index (χ1v) is 10.6. The summed E-state index contributed by atoms with van der Waals surface area (Å²) in [5.74, 6) is -2.05. The van der Waals surface area contributed by atoms with E-state index in [0.717, 1.165) is 0 Å². The Balaban J connectivity index is 1.51. The summed E-state index contributed by atoms with van der Waals surface area (Å²) in [6, 6.07) is 24.7. The van der Waals surface area contributed by atoms with Crippen molar-refractivity contribution < 1.29 is 38.4 Å². The summed E-state index contributed by atoms with van der Waals surface area (Å²) in [6.45, 7) is -0.336. The third-order valence-corrected chi connectivity index (χ3v) is 5.18. The van der Waals surface area contributed by atoms with Gasteiger partial charge in [0.15, 0.2) is 18.5 Å². The number of benzene rings is 3. The molecule has 1 N–H and O–H groups in total. The number of esters is 3. The maximum Gasteiger partial charge on any atom is 0.338 e. The van der Waals surface area contributed by atoms with Crippen LogP contribution in [0.2, 0.25) is 0 Å². The highest BCUT2D eigenvalue weighted by atomic mass is 16.7. The lowest BCUT2D eigenvalue weighted by molar-refractivity contribution is -0.135. The van der Waals surface area contributed by atoms with Gasteiger partial charge >= 0.3 is 17.9 Å². The highest BCUT2D eigenvalue weighted by Gasteiger charge is 2.50. The number of hydrogen-bond acceptors (Lipinski definition) is 8. The van der Waals surface area contributed by atoms with Crippen LogP contribution in [-0.4, -0.2) is 54.2 Å². The van der Waals surface area contributed by atoms with Crippen molar-refractivity contribution in [1.29, 1.82) is 0 Å². The summed E-state index contributed by atoms with van der Waals surface area (Å²) in [7, 11) is 0. The SMILES string of the molecule is O=C(OC[C@@H]1OC(O)[C@H](OC(=O)c2ccccc2)C1OC(=O)c1ccccc1)c1ccccc1. The average molecular weight is 462 g/mol. The van der Waals surface area contributed by atoms with Crippen molar-refractivity contribution in [3.63, 3.8) is 0 Å². The number of carbonyl (C=O) groups excluding carboxylic acids is 3. The number of aliphatic hydroxyl groups is 1. The van der Waals surface area contributed by atoms with E-state index in [1.807, 2.05) is 0 Å². The Morgan fingerprint density at radius 1 is 0.647 bits per heavy atom. The summed E-state index contributed by atoms with van der Waals surface area (Å²) in [6.07, 6.45) is -5.22. The summed E-state index contributed by atoms with van der Waals surface area (Å²) in [5, 5.41) is 10.5. The van der Waals surface area contributed by atoms with Crippen LogP contribution in [-0.2, 0) is 18.9 Å². The van der Waals surface area contributed by atoms with Crippen LogP contribution >= 0.6 is 0 Å². The first kappa shape index (κ1) is 23.2. The lowest BCUT2D eigenvalue weighted by Gasteiger charge is -2.23. The monoisotopic (exact) mass is 462 g/mol. The molecule has 3 aromatic rings. The second-order valence-corrected chi connectivity index (χ2v) is 7.50. The predicted molar refractivity (Wildman–Crippen MR) is 119 cm³/mol. The predicted octanol–water partition coefficient (Wildman–Crippen LogP) is 3.01. The van der Waals surface area contributed by atoms with Crippen molar-refractivity contribution in [2.24, 2.45) is 0 Å². The van der Waals surface area contributed by atoms with Gasteiger partial charge in [-0.15, -0.1) is 0 Å². The molecule has 174 valence electrons. The van der Waals surface area contributed by atoms with Gasteiger partial charge in [0.1, 0.15) is 12.7 Å². The van der Waals surface area contributed by atoms with E-state index >= 15 is 0 Å². The number of carbonyl (C=O) groups is 3. The van der Waals surface area contributed by atoms with E-state index < -0.39 is 42.5 Å². The number of ether oxygens (including phenoxy) is 4. The Morgan fingerprint density at radius 3 is 1.53 bits per heavy atom. The maximum absolute atomic E-state index is 12.7. The molecule has 0 aromatic heterocycles. The van der Waals surface area contributed by atoms with E-state index in [9.17, 15) is 19.5 Å². The lowest BCUT2D eigenvalue weighted by atomic mass is 10.1. The molecule has 1 aliphatic heterocycles. The molecule has 0 aliphatic carbocycles. The highest BCUT2D eigenvalue weighted by molar-refractivity contribution is 5.90. The molecule has 0 spiro atoms. The topological polar surface area (TPSA) is 108 Å². The van der Waals surface area contributed by atoms with Crippen LogP contribution in [0.5, 0.6) is 0 Å². The molecule has 0 bridgehead atoms. The first-order chi connectivity index (χ1) is 16.5. The second kappa shape index (κ2) is 10.7. The van der Waals surface area contributed by atoms with Gasteiger partial charge < -0.3 is 24.1 Å². The van der Waals surface area contributed by atoms with Crippen LogP contribution in [0.4, 0.5) is 0 Å². The van der Waals surface area contributed by atoms with Crippen molar-refractivity contribution in [2.45, 2.75) is 24.6 Å². The molecule has 8 nitrogen and oxygen atoms in total. The molecule has 0 radical (unpaired) electrons. The molecule has 8 heteroatoms. The molecule has 1 aliphatic rings.